The first-order chi connectivity index (χ1) is 15.3. The second-order valence-corrected chi connectivity index (χ2v) is 7.57. The smallest absolute Gasteiger partial charge is 0.335 e. The molecule has 9 nitrogen and oxygen atoms in total. The maximum absolute atomic E-state index is 13.2. The third-order valence-corrected chi connectivity index (χ3v) is 4.95. The maximum Gasteiger partial charge on any atom is 0.335 e. The molecule has 0 spiro atoms. The average Bonchev–Trinajstić information content (AvgIpc) is 2.76. The Kier molecular flexibility index (Phi) is 7.32. The molecule has 0 unspecified atom stereocenters. The first kappa shape index (κ1) is 23.1. The van der Waals surface area contributed by atoms with Gasteiger partial charge in [0, 0.05) is 11.6 Å². The molecule has 0 aliphatic heterocycles. The van der Waals surface area contributed by atoms with Crippen molar-refractivity contribution in [2.45, 2.75) is 26.9 Å². The minimum Gasteiger partial charge on any atom is -0.494 e. The van der Waals surface area contributed by atoms with E-state index in [1.54, 1.807) is 48.5 Å². The highest BCUT2D eigenvalue weighted by Crippen LogP contribution is 2.17. The standard InChI is InChI=1S/C22H23ClN4O5/c1-3-32-18-10-8-17(9-11-18)24-20-25-21(30)27(12-14(2)19(28)29)22(31)26(20)13-15-4-6-16(23)7-5-15/h4-11,14H,3,12-13H2,1-2H3,(H,28,29)(H,24,25,30)/t14-/m0/s1. The van der Waals surface area contributed by atoms with E-state index in [2.05, 4.69) is 9.98 Å². The minimum atomic E-state index is -1.11. The van der Waals surface area contributed by atoms with Gasteiger partial charge in [0.25, 0.3) is 0 Å². The van der Waals surface area contributed by atoms with E-state index in [1.807, 2.05) is 6.92 Å². The molecule has 0 aliphatic carbocycles. The number of H-pyrrole nitrogens is 1. The number of carboxylic acids is 1. The molecule has 0 fully saturated rings. The number of nitrogens with zero attached hydrogens (tertiary/aromatic N) is 3. The highest BCUT2D eigenvalue weighted by Gasteiger charge is 2.17. The molecular formula is C22H23ClN4O5. The van der Waals surface area contributed by atoms with Gasteiger partial charge in [0.2, 0.25) is 5.62 Å². The van der Waals surface area contributed by atoms with Crippen LogP contribution in [0.4, 0.5) is 5.69 Å². The summed E-state index contributed by atoms with van der Waals surface area (Å²) in [5.41, 5.74) is -0.102. The van der Waals surface area contributed by atoms with Crippen LogP contribution in [0.15, 0.2) is 63.1 Å². The predicted molar refractivity (Wildman–Crippen MR) is 120 cm³/mol. The topological polar surface area (TPSA) is 119 Å². The van der Waals surface area contributed by atoms with Gasteiger partial charge in [0.05, 0.1) is 24.8 Å². The van der Waals surface area contributed by atoms with E-state index < -0.39 is 23.3 Å². The molecule has 3 rings (SSSR count). The summed E-state index contributed by atoms with van der Waals surface area (Å²) in [6.45, 7) is 3.66. The summed E-state index contributed by atoms with van der Waals surface area (Å²) < 4.78 is 7.57. The Balaban J connectivity index is 2.14. The van der Waals surface area contributed by atoms with Gasteiger partial charge < -0.3 is 9.84 Å². The Morgan fingerprint density at radius 1 is 1.12 bits per heavy atom. The number of carboxylic acid groups (broad SMARTS) is 1. The number of benzene rings is 2. The largest absolute Gasteiger partial charge is 0.494 e. The summed E-state index contributed by atoms with van der Waals surface area (Å²) in [5.74, 6) is -1.36. The predicted octanol–water partition coefficient (Wildman–Crippen LogP) is 2.39. The average molecular weight is 459 g/mol. The lowest BCUT2D eigenvalue weighted by atomic mass is 10.2. The van der Waals surface area contributed by atoms with Crippen molar-refractivity contribution >= 4 is 23.3 Å². The zero-order valence-electron chi connectivity index (χ0n) is 17.6. The number of hydrogen-bond acceptors (Lipinski definition) is 5. The van der Waals surface area contributed by atoms with Crippen molar-refractivity contribution in [3.63, 3.8) is 0 Å². The van der Waals surface area contributed by atoms with Crippen LogP contribution in [0.1, 0.15) is 19.4 Å². The third kappa shape index (κ3) is 5.55. The molecule has 2 N–H and O–H groups in total. The molecule has 10 heteroatoms. The van der Waals surface area contributed by atoms with Crippen LogP contribution in [0.3, 0.4) is 0 Å². The van der Waals surface area contributed by atoms with Crippen LogP contribution in [0, 0.1) is 5.92 Å². The van der Waals surface area contributed by atoms with E-state index in [-0.39, 0.29) is 18.7 Å². The molecule has 0 radical (unpaired) electrons. The summed E-state index contributed by atoms with van der Waals surface area (Å²) in [6, 6.07) is 13.8. The number of aromatic nitrogens is 3. The number of aliphatic carboxylic acids is 1. The van der Waals surface area contributed by atoms with E-state index >= 15 is 0 Å². The fourth-order valence-electron chi connectivity index (χ4n) is 2.98. The lowest BCUT2D eigenvalue weighted by Gasteiger charge is -2.13. The van der Waals surface area contributed by atoms with Crippen LogP contribution in [0.25, 0.3) is 0 Å². The van der Waals surface area contributed by atoms with Gasteiger partial charge in [0.1, 0.15) is 5.75 Å². The summed E-state index contributed by atoms with van der Waals surface area (Å²) in [6.07, 6.45) is 0. The highest BCUT2D eigenvalue weighted by atomic mass is 35.5. The molecule has 0 aliphatic rings. The van der Waals surface area contributed by atoms with Gasteiger partial charge in [-0.2, -0.15) is 0 Å². The molecule has 1 atom stereocenters. The van der Waals surface area contributed by atoms with E-state index in [1.165, 1.54) is 11.5 Å². The van der Waals surface area contributed by atoms with Crippen LogP contribution in [0.5, 0.6) is 5.75 Å². The Morgan fingerprint density at radius 2 is 1.78 bits per heavy atom. The van der Waals surface area contributed by atoms with Crippen molar-refractivity contribution in [1.82, 2.24) is 14.1 Å². The molecular weight excluding hydrogens is 436 g/mol. The molecule has 168 valence electrons. The Bertz CT molecular complexity index is 1270. The highest BCUT2D eigenvalue weighted by molar-refractivity contribution is 6.30. The molecule has 1 aromatic heterocycles. The zero-order chi connectivity index (χ0) is 23.3. The van der Waals surface area contributed by atoms with Crippen molar-refractivity contribution in [2.24, 2.45) is 10.9 Å². The molecule has 3 aromatic rings. The van der Waals surface area contributed by atoms with Crippen LogP contribution >= 0.6 is 11.6 Å². The molecule has 0 bridgehead atoms. The van der Waals surface area contributed by atoms with Gasteiger partial charge in [-0.1, -0.05) is 30.7 Å². The lowest BCUT2D eigenvalue weighted by Crippen LogP contribution is -2.51. The van der Waals surface area contributed by atoms with E-state index in [0.717, 1.165) is 10.1 Å². The summed E-state index contributed by atoms with van der Waals surface area (Å²) >= 11 is 5.95. The fourth-order valence-corrected chi connectivity index (χ4v) is 3.10. The molecule has 1 heterocycles. The lowest BCUT2D eigenvalue weighted by molar-refractivity contribution is -0.141. The number of ether oxygens (including phenoxy) is 1. The fraction of sp³-hybridized carbons (Fsp3) is 0.273. The normalized spacial score (nSPS) is 12.5. The van der Waals surface area contributed by atoms with Gasteiger partial charge in [-0.15, -0.1) is 0 Å². The minimum absolute atomic E-state index is 0.0401. The molecule has 0 saturated carbocycles. The van der Waals surface area contributed by atoms with Gasteiger partial charge in [-0.25, -0.2) is 19.1 Å². The van der Waals surface area contributed by atoms with Gasteiger partial charge in [-0.3, -0.25) is 14.3 Å². The second-order valence-electron chi connectivity index (χ2n) is 7.14. The second kappa shape index (κ2) is 10.1. The van der Waals surface area contributed by atoms with Crippen molar-refractivity contribution in [3.8, 4) is 5.75 Å². The van der Waals surface area contributed by atoms with Crippen molar-refractivity contribution in [2.75, 3.05) is 6.61 Å². The first-order valence-corrected chi connectivity index (χ1v) is 10.3. The zero-order valence-corrected chi connectivity index (χ0v) is 18.4. The van der Waals surface area contributed by atoms with Gasteiger partial charge in [0.15, 0.2) is 0 Å². The van der Waals surface area contributed by atoms with E-state index in [4.69, 9.17) is 16.3 Å². The van der Waals surface area contributed by atoms with Crippen LogP contribution < -0.4 is 21.7 Å². The number of carbonyl (C=O) groups is 1. The number of halogens is 1. The van der Waals surface area contributed by atoms with Crippen molar-refractivity contribution < 1.29 is 14.6 Å². The van der Waals surface area contributed by atoms with Crippen LogP contribution in [-0.4, -0.2) is 31.8 Å². The SMILES string of the molecule is CCOc1ccc(/N=c2\[nH]c(=O)n(C[C@H](C)C(=O)O)c(=O)n2Cc2ccc(Cl)cc2)cc1. The molecule has 0 amide bonds. The van der Waals surface area contributed by atoms with Crippen molar-refractivity contribution in [3.05, 3.63) is 85.7 Å². The van der Waals surface area contributed by atoms with E-state index in [0.29, 0.717) is 23.1 Å². The van der Waals surface area contributed by atoms with Gasteiger partial charge in [-0.05, 0) is 48.9 Å². The molecule has 0 saturated heterocycles. The monoisotopic (exact) mass is 458 g/mol. The molecule has 2 aromatic carbocycles. The number of rotatable bonds is 8. The number of aromatic amines is 1. The molecule has 32 heavy (non-hydrogen) atoms. The van der Waals surface area contributed by atoms with Crippen molar-refractivity contribution in [1.29, 1.82) is 0 Å². The van der Waals surface area contributed by atoms with Crippen LogP contribution in [0.2, 0.25) is 5.02 Å². The maximum atomic E-state index is 13.2. The Labute approximate surface area is 188 Å². The third-order valence-electron chi connectivity index (χ3n) is 4.70. The van der Waals surface area contributed by atoms with Gasteiger partial charge >= 0.3 is 17.3 Å². The number of hydrogen-bond donors (Lipinski definition) is 2. The Hall–Kier alpha value is -3.59. The Morgan fingerprint density at radius 3 is 2.38 bits per heavy atom. The van der Waals surface area contributed by atoms with Crippen LogP contribution in [-0.2, 0) is 17.9 Å². The summed E-state index contributed by atoms with van der Waals surface area (Å²) in [7, 11) is 0. The number of nitrogens with one attached hydrogen (secondary N) is 1. The van der Waals surface area contributed by atoms with E-state index in [9.17, 15) is 19.5 Å². The summed E-state index contributed by atoms with van der Waals surface area (Å²) in [5, 5.41) is 9.74. The summed E-state index contributed by atoms with van der Waals surface area (Å²) in [4.78, 5) is 44.1. The quantitative estimate of drug-likeness (QED) is 0.537. The first-order valence-electron chi connectivity index (χ1n) is 9.97.